The fourth-order valence-corrected chi connectivity index (χ4v) is 6.34. The summed E-state index contributed by atoms with van der Waals surface area (Å²) in [6, 6.07) is 3.34. The Morgan fingerprint density at radius 1 is 1.30 bits per heavy atom. The molecule has 1 aromatic heterocycles. The zero-order valence-electron chi connectivity index (χ0n) is 13.0. The summed E-state index contributed by atoms with van der Waals surface area (Å²) in [6.45, 7) is 1.95. The van der Waals surface area contributed by atoms with E-state index in [4.69, 9.17) is 0 Å². The van der Waals surface area contributed by atoms with Crippen LogP contribution in [0.3, 0.4) is 0 Å². The third-order valence-corrected chi connectivity index (χ3v) is 8.30. The molecule has 0 N–H and O–H groups in total. The fourth-order valence-electron chi connectivity index (χ4n) is 3.04. The highest BCUT2D eigenvalue weighted by atomic mass is 32.2. The van der Waals surface area contributed by atoms with Gasteiger partial charge in [0.1, 0.15) is 4.21 Å². The van der Waals surface area contributed by atoms with E-state index in [1.54, 1.807) is 22.4 Å². The maximum Gasteiger partial charge on any atom is 0.294 e. The molecule has 8 heteroatoms. The first-order valence-electron chi connectivity index (χ1n) is 7.91. The lowest BCUT2D eigenvalue weighted by molar-refractivity contribution is -0.128. The highest BCUT2D eigenvalue weighted by Crippen LogP contribution is 2.36. The number of amides is 1. The van der Waals surface area contributed by atoms with E-state index in [0.29, 0.717) is 11.6 Å². The number of sulfonamides is 1. The molecule has 1 amide bonds. The quantitative estimate of drug-likeness (QED) is 0.811. The average Bonchev–Trinajstić information content (AvgIpc) is 3.17. The molecule has 126 valence electrons. The predicted octanol–water partition coefficient (Wildman–Crippen LogP) is 3.48. The van der Waals surface area contributed by atoms with Crippen LogP contribution in [0.5, 0.6) is 0 Å². The molecule has 5 nitrogen and oxygen atoms in total. The molecule has 3 rings (SSSR count). The topological polar surface area (TPSA) is 66.8 Å². The smallest absolute Gasteiger partial charge is 0.287 e. The summed E-state index contributed by atoms with van der Waals surface area (Å²) < 4.78 is 29.1. The molecular weight excluding hydrogens is 352 g/mol. The molecule has 0 aromatic carbocycles. The summed E-state index contributed by atoms with van der Waals surface area (Å²) in [5.41, 5.74) is 0. The van der Waals surface area contributed by atoms with Crippen LogP contribution in [-0.2, 0) is 14.8 Å². The van der Waals surface area contributed by atoms with E-state index in [-0.39, 0.29) is 21.4 Å². The van der Waals surface area contributed by atoms with Crippen LogP contribution in [0.2, 0.25) is 0 Å². The number of carbonyl (C=O) groups is 1. The molecule has 0 spiro atoms. The van der Waals surface area contributed by atoms with Gasteiger partial charge in [-0.1, -0.05) is 44.0 Å². The molecule has 23 heavy (non-hydrogen) atoms. The van der Waals surface area contributed by atoms with Gasteiger partial charge < -0.3 is 0 Å². The standard InChI is InChI=1S/C15H20N2O3S3/c1-2-12-14(18)17(11-7-4-3-5-8-11)15(22-12)16-23(19,20)13-9-6-10-21-13/h6,9-12H,2-5,7-8H2,1H3/b16-15+. The van der Waals surface area contributed by atoms with E-state index < -0.39 is 10.0 Å². The molecule has 1 saturated carbocycles. The zero-order chi connectivity index (χ0) is 16.4. The van der Waals surface area contributed by atoms with E-state index in [1.165, 1.54) is 18.2 Å². The van der Waals surface area contributed by atoms with Crippen molar-refractivity contribution < 1.29 is 13.2 Å². The highest BCUT2D eigenvalue weighted by molar-refractivity contribution is 8.16. The third kappa shape index (κ3) is 3.49. The second kappa shape index (κ2) is 6.94. The van der Waals surface area contributed by atoms with Crippen molar-refractivity contribution in [1.82, 2.24) is 4.90 Å². The molecule has 1 aliphatic heterocycles. The number of hydrogen-bond donors (Lipinski definition) is 0. The lowest BCUT2D eigenvalue weighted by Crippen LogP contribution is -2.42. The Morgan fingerprint density at radius 3 is 2.65 bits per heavy atom. The lowest BCUT2D eigenvalue weighted by Gasteiger charge is -2.30. The van der Waals surface area contributed by atoms with Crippen molar-refractivity contribution in [2.45, 2.75) is 60.9 Å². The van der Waals surface area contributed by atoms with E-state index in [1.807, 2.05) is 6.92 Å². The molecule has 1 aromatic rings. The molecule has 0 bridgehead atoms. The molecule has 2 aliphatic rings. The molecule has 2 heterocycles. The van der Waals surface area contributed by atoms with Crippen LogP contribution in [0.15, 0.2) is 26.1 Å². The SMILES string of the molecule is CCC1S/C(=N/S(=O)(=O)c2cccs2)N(C2CCCCC2)C1=O. The Labute approximate surface area is 145 Å². The third-order valence-electron chi connectivity index (χ3n) is 4.22. The Bertz CT molecular complexity index is 692. The number of carbonyl (C=O) groups excluding carboxylic acids is 1. The van der Waals surface area contributed by atoms with Crippen LogP contribution < -0.4 is 0 Å². The van der Waals surface area contributed by atoms with Gasteiger partial charge in [0.15, 0.2) is 5.17 Å². The van der Waals surface area contributed by atoms with Crippen molar-refractivity contribution in [2.75, 3.05) is 0 Å². The molecule has 1 aliphatic carbocycles. The van der Waals surface area contributed by atoms with E-state index in [0.717, 1.165) is 37.0 Å². The van der Waals surface area contributed by atoms with Crippen molar-refractivity contribution in [3.8, 4) is 0 Å². The lowest BCUT2D eigenvalue weighted by atomic mass is 9.94. The number of amidine groups is 1. The predicted molar refractivity (Wildman–Crippen MR) is 94.3 cm³/mol. The van der Waals surface area contributed by atoms with E-state index in [9.17, 15) is 13.2 Å². The van der Waals surface area contributed by atoms with Gasteiger partial charge in [0.2, 0.25) is 5.91 Å². The van der Waals surface area contributed by atoms with Gasteiger partial charge in [0, 0.05) is 6.04 Å². The number of rotatable bonds is 4. The fraction of sp³-hybridized carbons (Fsp3) is 0.600. The first-order chi connectivity index (χ1) is 11.0. The summed E-state index contributed by atoms with van der Waals surface area (Å²) in [7, 11) is -3.74. The number of thiophene rings is 1. The monoisotopic (exact) mass is 372 g/mol. The largest absolute Gasteiger partial charge is 0.294 e. The molecule has 1 atom stereocenters. The maximum atomic E-state index is 12.7. The second-order valence-electron chi connectivity index (χ2n) is 5.80. The van der Waals surface area contributed by atoms with Crippen molar-refractivity contribution in [1.29, 1.82) is 0 Å². The molecular formula is C15H20N2O3S3. The van der Waals surface area contributed by atoms with E-state index in [2.05, 4.69) is 4.40 Å². The summed E-state index contributed by atoms with van der Waals surface area (Å²) >= 11 is 2.45. The van der Waals surface area contributed by atoms with Crippen molar-refractivity contribution in [3.63, 3.8) is 0 Å². The van der Waals surface area contributed by atoms with Gasteiger partial charge in [-0.25, -0.2) is 0 Å². The minimum atomic E-state index is -3.74. The molecule has 1 unspecified atom stereocenters. The summed E-state index contributed by atoms with van der Waals surface area (Å²) in [5, 5.41) is 1.87. The summed E-state index contributed by atoms with van der Waals surface area (Å²) in [6.07, 6.45) is 5.90. The zero-order valence-corrected chi connectivity index (χ0v) is 15.4. The van der Waals surface area contributed by atoms with Gasteiger partial charge in [-0.3, -0.25) is 9.69 Å². The van der Waals surface area contributed by atoms with Crippen molar-refractivity contribution in [3.05, 3.63) is 17.5 Å². The van der Waals surface area contributed by atoms with Gasteiger partial charge in [-0.15, -0.1) is 15.7 Å². The first-order valence-corrected chi connectivity index (χ1v) is 11.1. The number of hydrogen-bond acceptors (Lipinski definition) is 5. The Hall–Kier alpha value is -0.860. The highest BCUT2D eigenvalue weighted by Gasteiger charge is 2.42. The summed E-state index contributed by atoms with van der Waals surface area (Å²) in [5.74, 6) is 0.0181. The van der Waals surface area contributed by atoms with E-state index >= 15 is 0 Å². The van der Waals surface area contributed by atoms with Gasteiger partial charge in [0.25, 0.3) is 10.0 Å². The second-order valence-corrected chi connectivity index (χ2v) is 9.74. The van der Waals surface area contributed by atoms with Crippen LogP contribution in [0.25, 0.3) is 0 Å². The molecule has 1 saturated heterocycles. The maximum absolute atomic E-state index is 12.7. The Kier molecular flexibility index (Phi) is 5.13. The van der Waals surface area contributed by atoms with Crippen LogP contribution >= 0.6 is 23.1 Å². The Morgan fingerprint density at radius 2 is 2.04 bits per heavy atom. The average molecular weight is 373 g/mol. The number of nitrogens with zero attached hydrogens (tertiary/aromatic N) is 2. The minimum absolute atomic E-state index is 0.0181. The van der Waals surface area contributed by atoms with Gasteiger partial charge >= 0.3 is 0 Å². The summed E-state index contributed by atoms with van der Waals surface area (Å²) in [4.78, 5) is 14.3. The number of thioether (sulfide) groups is 1. The molecule has 2 fully saturated rings. The van der Waals surface area contributed by atoms with Gasteiger partial charge in [0.05, 0.1) is 5.25 Å². The minimum Gasteiger partial charge on any atom is -0.287 e. The normalized spacial score (nSPS) is 25.4. The van der Waals surface area contributed by atoms with Crippen LogP contribution in [0, 0.1) is 0 Å². The van der Waals surface area contributed by atoms with Crippen LogP contribution in [0.4, 0.5) is 0 Å². The van der Waals surface area contributed by atoms with Crippen molar-refractivity contribution in [2.24, 2.45) is 4.40 Å². The first kappa shape index (κ1) is 17.0. The van der Waals surface area contributed by atoms with Crippen LogP contribution in [-0.4, -0.2) is 35.7 Å². The van der Waals surface area contributed by atoms with Gasteiger partial charge in [-0.05, 0) is 30.7 Å². The Balaban J connectivity index is 1.94. The van der Waals surface area contributed by atoms with Crippen molar-refractivity contribution >= 4 is 44.2 Å². The molecule has 0 radical (unpaired) electrons. The van der Waals surface area contributed by atoms with Gasteiger partial charge in [-0.2, -0.15) is 8.42 Å². The van der Waals surface area contributed by atoms with Crippen LogP contribution in [0.1, 0.15) is 45.4 Å².